The minimum atomic E-state index is -1.95. The molecule has 2 fully saturated rings. The first-order valence-electron chi connectivity index (χ1n) is 39.7. The summed E-state index contributed by atoms with van der Waals surface area (Å²) in [5.74, 6) is -21.5. The first kappa shape index (κ1) is 100. The van der Waals surface area contributed by atoms with E-state index in [0.29, 0.717) is 32.9 Å². The molecule has 14 amide bonds. The minimum absolute atomic E-state index is 0.0691. The molecule has 123 heavy (non-hydrogen) atoms. The van der Waals surface area contributed by atoms with Gasteiger partial charge in [-0.3, -0.25) is 81.5 Å². The van der Waals surface area contributed by atoms with Crippen LogP contribution < -0.4 is 80.2 Å². The molecule has 39 nitrogen and oxygen atoms in total. The summed E-state index contributed by atoms with van der Waals surface area (Å²) in [5, 5.41) is 68.5. The number of rotatable bonds is 21. The zero-order valence-electron chi connectivity index (χ0n) is 69.1. The second-order valence-electron chi connectivity index (χ2n) is 30.9. The topological polar surface area (TPSA) is 606 Å². The number of hydrogen-bond donors (Lipinski definition) is 22. The van der Waals surface area contributed by atoms with Crippen molar-refractivity contribution >= 4 is 190 Å². The van der Waals surface area contributed by atoms with Crippen molar-refractivity contribution in [3.05, 3.63) is 90.3 Å². The number of ketones is 1. The average Bonchev–Trinajstić information content (AvgIpc) is 1.69. The van der Waals surface area contributed by atoms with Crippen LogP contribution in [0.5, 0.6) is 0 Å². The van der Waals surface area contributed by atoms with Gasteiger partial charge in [0, 0.05) is 93.7 Å². The van der Waals surface area contributed by atoms with Gasteiger partial charge in [-0.05, 0) is 81.0 Å². The van der Waals surface area contributed by atoms with E-state index in [1.54, 1.807) is 109 Å². The second-order valence-corrected chi connectivity index (χ2v) is 38.4. The van der Waals surface area contributed by atoms with Crippen LogP contribution in [0.1, 0.15) is 111 Å². The molecule has 2 aliphatic rings. The third-order valence-corrected chi connectivity index (χ3v) is 25.7. The zero-order chi connectivity index (χ0) is 90.5. The first-order chi connectivity index (χ1) is 58.2. The number of H-pyrrole nitrogens is 3. The first-order valence-corrected chi connectivity index (χ1v) is 46.3. The molecule has 7 rings (SSSR count). The molecule has 2 aromatic carbocycles. The number of carbonyl (C=O) groups excluding carboxylic acids is 15. The number of thiol groups is 1. The maximum absolute atomic E-state index is 15.5. The molecular formula is C78H109N19O20S6. The lowest BCUT2D eigenvalue weighted by molar-refractivity contribution is -0.141. The number of carboxylic acid groups (broad SMARTS) is 2. The number of para-hydroxylation sites is 2. The smallest absolute Gasteiger partial charge is 0.305 e. The van der Waals surface area contributed by atoms with E-state index in [0.717, 1.165) is 61.9 Å². The van der Waals surface area contributed by atoms with E-state index in [1.807, 2.05) is 0 Å². The van der Waals surface area contributed by atoms with E-state index in [1.165, 1.54) is 19.4 Å². The molecule has 0 saturated carbocycles. The Labute approximate surface area is 734 Å². The van der Waals surface area contributed by atoms with E-state index < -0.39 is 234 Å². The molecule has 22 N–H and O–H groups in total. The summed E-state index contributed by atoms with van der Waals surface area (Å²) >= 11 is 5.49. The summed E-state index contributed by atoms with van der Waals surface area (Å²) in [6.45, 7) is 13.2. The van der Waals surface area contributed by atoms with Crippen LogP contribution in [0.15, 0.2) is 73.4 Å². The normalized spacial score (nSPS) is 25.6. The van der Waals surface area contributed by atoms with Gasteiger partial charge in [-0.1, -0.05) is 121 Å². The highest BCUT2D eigenvalue weighted by atomic mass is 33.1. The van der Waals surface area contributed by atoms with Crippen LogP contribution in [0.2, 0.25) is 0 Å². The van der Waals surface area contributed by atoms with E-state index in [4.69, 9.17) is 5.73 Å². The number of fused-ring (bicyclic) bond motifs is 7. The number of carboxylic acids is 2. The number of nitrogens with zero attached hydrogens (tertiary/aromatic N) is 1. The average molecular weight is 1830 g/mol. The Hall–Kier alpha value is -10.1. The number of nitrogens with one attached hydrogen (secondary N) is 17. The summed E-state index contributed by atoms with van der Waals surface area (Å²) in [4.78, 5) is 258. The molecular weight excluding hydrogens is 1720 g/mol. The van der Waals surface area contributed by atoms with Gasteiger partial charge in [-0.2, -0.15) is 12.6 Å². The molecule has 3 aromatic heterocycles. The summed E-state index contributed by atoms with van der Waals surface area (Å²) in [6, 6.07) is -9.14. The third-order valence-electron chi connectivity index (χ3n) is 19.4. The highest BCUT2D eigenvalue weighted by molar-refractivity contribution is 8.77. The molecule has 0 aliphatic carbocycles. The number of Topliss-reactive ketones (excluding diaryl/α,β-unsaturated/α-hetero) is 1. The van der Waals surface area contributed by atoms with E-state index in [-0.39, 0.29) is 71.5 Å². The predicted octanol–water partition coefficient (Wildman–Crippen LogP) is -0.997. The molecule has 672 valence electrons. The number of imidazole rings is 1. The van der Waals surface area contributed by atoms with Gasteiger partial charge >= 0.3 is 11.9 Å². The summed E-state index contributed by atoms with van der Waals surface area (Å²) in [6.07, 6.45) is 0.680. The molecule has 5 heterocycles. The van der Waals surface area contributed by atoms with Crippen molar-refractivity contribution in [3.63, 3.8) is 0 Å². The fourth-order valence-corrected chi connectivity index (χ4v) is 18.3. The number of aliphatic hydroxyl groups excluding tert-OH is 1. The van der Waals surface area contributed by atoms with Crippen molar-refractivity contribution in [1.29, 1.82) is 0 Å². The van der Waals surface area contributed by atoms with Crippen LogP contribution in [-0.2, 0) is 101 Å². The van der Waals surface area contributed by atoms with Crippen molar-refractivity contribution in [2.24, 2.45) is 23.5 Å². The summed E-state index contributed by atoms with van der Waals surface area (Å²) < 4.78 is -0.357. The molecule has 0 spiro atoms. The highest BCUT2D eigenvalue weighted by Gasteiger charge is 2.40. The van der Waals surface area contributed by atoms with Gasteiger partial charge in [-0.15, -0.1) is 11.8 Å². The van der Waals surface area contributed by atoms with E-state index in [2.05, 4.69) is 107 Å². The number of hydrogen-bond acceptors (Lipinski definition) is 26. The highest BCUT2D eigenvalue weighted by Crippen LogP contribution is 2.28. The van der Waals surface area contributed by atoms with Crippen molar-refractivity contribution in [2.45, 2.75) is 209 Å². The number of thioether (sulfide) groups is 1. The van der Waals surface area contributed by atoms with Crippen LogP contribution >= 0.6 is 67.6 Å². The van der Waals surface area contributed by atoms with E-state index in [9.17, 15) is 72.9 Å². The van der Waals surface area contributed by atoms with Crippen molar-refractivity contribution in [2.75, 3.05) is 35.3 Å². The SMILES string of the molecule is CC(C)C[C@@H]1NC(=O)[C@H](Cc2c[nH]cn2)NC(=O)[C@H](Cc2c[nH]c3ccccc23)NC(=O)[C@H](C)NC(=O)[C@@H]2CSSC[C@H](NC(=O)[C@H](Cc3c[nH]c4ccccc34)NC(=O)[C@H](C(C)C)NC(=O)[C@H](CC(C)C)NC(=O)[C@H](CCC(=O)O)NC(=O)CNC1=O)C(=O)NC([C@@H](C)O)C(=O)N[C@H](C(=O)CSC(C)S)CSSC[C@H](N)C(=O)N[C@@H](CC(=O)O)C(=O)N2. The quantitative estimate of drug-likeness (QED) is 0.0238. The number of amides is 14. The Kier molecular flexibility index (Phi) is 39.7. The molecule has 2 saturated heterocycles. The Balaban J connectivity index is 1.36. The van der Waals surface area contributed by atoms with Gasteiger partial charge in [0.1, 0.15) is 72.5 Å². The van der Waals surface area contributed by atoms with Gasteiger partial charge in [0.25, 0.3) is 0 Å². The van der Waals surface area contributed by atoms with E-state index >= 15 is 24.0 Å². The standard InChI is InChI=1S/C78H109N19O20S6/c1-36(2)20-51-68(107)83-29-61(100)86-50(18-19-62(101)102)69(108)90-52(21-37(3)4)74(113)96-64(38(5)6)77(116)92-54(23-43-27-82-49-17-13-11-15-46(43)49)71(110)95-59-33-123-122-32-58(75(114)85-39(7)66(105)87-53(22-42-26-81-48-16-12-10-14-45(42)48)70(109)91-55(72(111)89-51)24-44-28-80-35-84-44)94-73(112)56(25-63(103)104)88-67(106)47(79)30-120-121-31-57(60(99)34-119-41(9)118)93-78(117)65(40(8)98)97-76(59)115/h10-17,26-28,35-41,47,50-59,64-65,81-82,98,118H,18-25,29-34,79H2,1-9H3,(H,80,84)(H,83,107)(H,85,114)(H,86,100)(H,87,105)(H,88,106)(H,89,111)(H,90,108)(H,91,109)(H,92,116)(H,93,117)(H,94,112)(H,95,110)(H,96,113)(H,97,115)(H,101,102)(H,103,104)/t39-,40+,41?,47-,50-,51-,52-,53-,54-,55-,56-,57-,58-,59-,64-,65?/m0/s1. The summed E-state index contributed by atoms with van der Waals surface area (Å²) in [7, 11) is 3.41. The molecule has 2 bridgehead atoms. The van der Waals surface area contributed by atoms with Gasteiger partial charge in [0.2, 0.25) is 82.7 Å². The zero-order valence-corrected chi connectivity index (χ0v) is 74.1. The fourth-order valence-electron chi connectivity index (χ4n) is 12.9. The van der Waals surface area contributed by atoms with Crippen LogP contribution in [0.3, 0.4) is 0 Å². The number of aromatic amines is 3. The molecule has 16 atom stereocenters. The Bertz CT molecular complexity index is 4570. The molecule has 0 radical (unpaired) electrons. The predicted molar refractivity (Wildman–Crippen MR) is 468 cm³/mol. The summed E-state index contributed by atoms with van der Waals surface area (Å²) in [5.41, 5.74) is 8.69. The van der Waals surface area contributed by atoms with Crippen molar-refractivity contribution < 1.29 is 96.8 Å². The molecule has 2 unspecified atom stereocenters. The second kappa shape index (κ2) is 48.8. The Morgan fingerprint density at radius 3 is 1.49 bits per heavy atom. The maximum atomic E-state index is 15.5. The van der Waals surface area contributed by atoms with Crippen molar-refractivity contribution in [3.8, 4) is 0 Å². The lowest BCUT2D eigenvalue weighted by Crippen LogP contribution is -2.62. The van der Waals surface area contributed by atoms with Gasteiger partial charge in [-0.25, -0.2) is 4.98 Å². The lowest BCUT2D eigenvalue weighted by Gasteiger charge is -2.29. The van der Waals surface area contributed by atoms with Gasteiger partial charge < -0.3 is 110 Å². The fraction of sp³-hybridized carbons (Fsp3) is 0.538. The van der Waals surface area contributed by atoms with Crippen LogP contribution in [-0.4, -0.2) is 266 Å². The lowest BCUT2D eigenvalue weighted by atomic mass is 9.98. The maximum Gasteiger partial charge on any atom is 0.305 e. The molecule has 2 aliphatic heterocycles. The van der Waals surface area contributed by atoms with Gasteiger partial charge in [0.05, 0.1) is 48.9 Å². The number of nitrogens with two attached hydrogens (primary N) is 1. The Morgan fingerprint density at radius 1 is 0.496 bits per heavy atom. The number of aromatic nitrogens is 4. The van der Waals surface area contributed by atoms with Crippen LogP contribution in [0.4, 0.5) is 0 Å². The molecule has 5 aromatic rings. The van der Waals surface area contributed by atoms with Crippen LogP contribution in [0, 0.1) is 17.8 Å². The number of benzene rings is 2. The minimum Gasteiger partial charge on any atom is -0.481 e. The van der Waals surface area contributed by atoms with Crippen molar-refractivity contribution in [1.82, 2.24) is 94.4 Å². The largest absolute Gasteiger partial charge is 0.481 e. The monoisotopic (exact) mass is 1820 g/mol. The number of aliphatic hydroxyl groups is 1. The van der Waals surface area contributed by atoms with Crippen LogP contribution in [0.25, 0.3) is 21.8 Å². The molecule has 45 heteroatoms. The Morgan fingerprint density at radius 2 is 0.959 bits per heavy atom. The number of aliphatic carboxylic acids is 2. The third kappa shape index (κ3) is 31.9. The van der Waals surface area contributed by atoms with Gasteiger partial charge in [0.15, 0.2) is 5.78 Å². The number of carbonyl (C=O) groups is 17.